The zero-order chi connectivity index (χ0) is 15.8. The van der Waals surface area contributed by atoms with Crippen LogP contribution >= 0.6 is 0 Å². The monoisotopic (exact) mass is 312 g/mol. The first-order valence-corrected chi connectivity index (χ1v) is 8.81. The van der Waals surface area contributed by atoms with Gasteiger partial charge in [0.1, 0.15) is 0 Å². The average molecular weight is 312 g/mol. The molecule has 5 rings (SSSR count). The Morgan fingerprint density at radius 2 is 1.52 bits per heavy atom. The second kappa shape index (κ2) is 5.99. The van der Waals surface area contributed by atoms with Crippen LogP contribution in [0.2, 0.25) is 0 Å². The fourth-order valence-electron chi connectivity index (χ4n) is 4.31. The number of piperidine rings is 2. The van der Waals surface area contributed by atoms with Crippen molar-refractivity contribution in [2.45, 2.75) is 38.6 Å². The summed E-state index contributed by atoms with van der Waals surface area (Å²) in [7, 11) is 0. The van der Waals surface area contributed by atoms with Crippen molar-refractivity contribution in [1.82, 2.24) is 9.80 Å². The minimum Gasteiger partial charge on any atom is -0.342 e. The van der Waals surface area contributed by atoms with Crippen LogP contribution in [-0.4, -0.2) is 41.2 Å². The lowest BCUT2D eigenvalue weighted by Gasteiger charge is -2.47. The largest absolute Gasteiger partial charge is 0.342 e. The summed E-state index contributed by atoms with van der Waals surface area (Å²) in [6, 6.07) is 8.32. The molecule has 0 aromatic heterocycles. The lowest BCUT2D eigenvalue weighted by molar-refractivity contribution is -0.141. The van der Waals surface area contributed by atoms with Crippen molar-refractivity contribution < 1.29 is 9.59 Å². The van der Waals surface area contributed by atoms with E-state index in [0.717, 1.165) is 37.9 Å². The first-order chi connectivity index (χ1) is 11.2. The minimum atomic E-state index is 0.120. The number of rotatable bonds is 3. The number of nitrogens with zero attached hydrogens (tertiary/aromatic N) is 2. The Labute approximate surface area is 137 Å². The average Bonchev–Trinajstić information content (AvgIpc) is 2.58. The first-order valence-electron chi connectivity index (χ1n) is 8.81. The molecule has 1 aliphatic carbocycles. The van der Waals surface area contributed by atoms with Crippen LogP contribution in [-0.2, 0) is 22.6 Å². The van der Waals surface area contributed by atoms with Gasteiger partial charge in [0.05, 0.1) is 0 Å². The van der Waals surface area contributed by atoms with Crippen LogP contribution in [0.1, 0.15) is 36.8 Å². The van der Waals surface area contributed by atoms with E-state index in [2.05, 4.69) is 18.2 Å². The SMILES string of the molecule is O=C(CCC(=O)N1CC2CC(C2)C1)N1CCc2ccccc2C1. The molecule has 1 aromatic rings. The number of benzene rings is 1. The lowest BCUT2D eigenvalue weighted by Crippen LogP contribution is -2.51. The van der Waals surface area contributed by atoms with Gasteiger partial charge in [0.15, 0.2) is 0 Å². The third-order valence-corrected chi connectivity index (χ3v) is 5.68. The molecule has 4 nitrogen and oxygen atoms in total. The Morgan fingerprint density at radius 3 is 2.22 bits per heavy atom. The van der Waals surface area contributed by atoms with E-state index in [1.54, 1.807) is 0 Å². The van der Waals surface area contributed by atoms with Crippen molar-refractivity contribution in [2.75, 3.05) is 19.6 Å². The Morgan fingerprint density at radius 1 is 0.913 bits per heavy atom. The fourth-order valence-corrected chi connectivity index (χ4v) is 4.31. The molecule has 1 aromatic carbocycles. The van der Waals surface area contributed by atoms with E-state index in [9.17, 15) is 9.59 Å². The summed E-state index contributed by atoms with van der Waals surface area (Å²) in [5.74, 6) is 1.75. The zero-order valence-electron chi connectivity index (χ0n) is 13.5. The molecule has 0 spiro atoms. The van der Waals surface area contributed by atoms with Gasteiger partial charge in [0, 0.05) is 39.0 Å². The summed E-state index contributed by atoms with van der Waals surface area (Å²) in [6.45, 7) is 3.30. The molecule has 2 amide bonds. The molecule has 0 N–H and O–H groups in total. The summed E-state index contributed by atoms with van der Waals surface area (Å²) < 4.78 is 0. The Kier molecular flexibility index (Phi) is 3.83. The summed E-state index contributed by atoms with van der Waals surface area (Å²) in [4.78, 5) is 28.6. The number of carbonyl (C=O) groups is 2. The van der Waals surface area contributed by atoms with E-state index in [1.807, 2.05) is 15.9 Å². The topological polar surface area (TPSA) is 40.6 Å². The van der Waals surface area contributed by atoms with Crippen LogP contribution in [0.4, 0.5) is 0 Å². The molecule has 3 heterocycles. The Hall–Kier alpha value is -1.84. The number of fused-ring (bicyclic) bond motifs is 3. The van der Waals surface area contributed by atoms with Gasteiger partial charge in [-0.15, -0.1) is 0 Å². The van der Waals surface area contributed by atoms with Crippen molar-refractivity contribution in [3.63, 3.8) is 0 Å². The summed E-state index contributed by atoms with van der Waals surface area (Å²) in [5.41, 5.74) is 2.59. The van der Waals surface area contributed by atoms with E-state index in [1.165, 1.54) is 24.0 Å². The highest BCUT2D eigenvalue weighted by molar-refractivity contribution is 5.84. The maximum atomic E-state index is 12.4. The summed E-state index contributed by atoms with van der Waals surface area (Å²) >= 11 is 0. The van der Waals surface area contributed by atoms with Crippen molar-refractivity contribution in [2.24, 2.45) is 11.8 Å². The van der Waals surface area contributed by atoms with Gasteiger partial charge in [-0.25, -0.2) is 0 Å². The highest BCUT2D eigenvalue weighted by Gasteiger charge is 2.38. The van der Waals surface area contributed by atoms with Crippen LogP contribution in [0.15, 0.2) is 24.3 Å². The molecule has 3 fully saturated rings. The van der Waals surface area contributed by atoms with Crippen LogP contribution in [0, 0.1) is 11.8 Å². The number of amides is 2. The first kappa shape index (κ1) is 14.7. The predicted octanol–water partition coefficient (Wildman–Crippen LogP) is 2.22. The molecular formula is C19H24N2O2. The summed E-state index contributed by atoms with van der Waals surface area (Å²) in [6.07, 6.45) is 4.25. The van der Waals surface area contributed by atoms with Gasteiger partial charge in [-0.1, -0.05) is 24.3 Å². The molecular weight excluding hydrogens is 288 g/mol. The number of hydrogen-bond donors (Lipinski definition) is 0. The molecule has 23 heavy (non-hydrogen) atoms. The van der Waals surface area contributed by atoms with Gasteiger partial charge in [-0.2, -0.15) is 0 Å². The smallest absolute Gasteiger partial charge is 0.223 e. The molecule has 2 saturated heterocycles. The zero-order valence-corrected chi connectivity index (χ0v) is 13.5. The van der Waals surface area contributed by atoms with E-state index < -0.39 is 0 Å². The summed E-state index contributed by atoms with van der Waals surface area (Å²) in [5, 5.41) is 0. The maximum absolute atomic E-state index is 12.4. The van der Waals surface area contributed by atoms with E-state index in [0.29, 0.717) is 19.4 Å². The van der Waals surface area contributed by atoms with Crippen molar-refractivity contribution >= 4 is 11.8 Å². The predicted molar refractivity (Wildman–Crippen MR) is 87.6 cm³/mol. The van der Waals surface area contributed by atoms with Gasteiger partial charge >= 0.3 is 0 Å². The third kappa shape index (κ3) is 2.99. The standard InChI is InChI=1S/C19H24N2O2/c22-18(20-8-7-16-3-1-2-4-17(16)13-20)5-6-19(23)21-11-14-9-15(10-14)12-21/h1-4,14-15H,5-13H2. The second-order valence-corrected chi connectivity index (χ2v) is 7.34. The van der Waals surface area contributed by atoms with Crippen LogP contribution in [0.5, 0.6) is 0 Å². The second-order valence-electron chi connectivity index (χ2n) is 7.34. The van der Waals surface area contributed by atoms with Gasteiger partial charge in [0.2, 0.25) is 11.8 Å². The fraction of sp³-hybridized carbons (Fsp3) is 0.579. The molecule has 4 aliphatic rings. The number of hydrogen-bond acceptors (Lipinski definition) is 2. The highest BCUT2D eigenvalue weighted by atomic mass is 16.2. The normalized spacial score (nSPS) is 25.6. The molecule has 1 saturated carbocycles. The van der Waals surface area contributed by atoms with Crippen molar-refractivity contribution in [1.29, 1.82) is 0 Å². The van der Waals surface area contributed by atoms with E-state index >= 15 is 0 Å². The highest BCUT2D eigenvalue weighted by Crippen LogP contribution is 2.39. The number of carbonyl (C=O) groups excluding carboxylic acids is 2. The quantitative estimate of drug-likeness (QED) is 0.859. The van der Waals surface area contributed by atoms with Gasteiger partial charge in [0.25, 0.3) is 0 Å². The Bertz CT molecular complexity index is 612. The van der Waals surface area contributed by atoms with E-state index in [-0.39, 0.29) is 11.8 Å². The molecule has 0 radical (unpaired) electrons. The molecule has 4 heteroatoms. The minimum absolute atomic E-state index is 0.120. The third-order valence-electron chi connectivity index (χ3n) is 5.68. The van der Waals surface area contributed by atoms with Gasteiger partial charge in [-0.3, -0.25) is 9.59 Å². The van der Waals surface area contributed by atoms with Crippen LogP contribution in [0.3, 0.4) is 0 Å². The van der Waals surface area contributed by atoms with Crippen LogP contribution < -0.4 is 0 Å². The van der Waals surface area contributed by atoms with Crippen molar-refractivity contribution in [3.05, 3.63) is 35.4 Å². The van der Waals surface area contributed by atoms with Crippen molar-refractivity contribution in [3.8, 4) is 0 Å². The van der Waals surface area contributed by atoms with Gasteiger partial charge < -0.3 is 9.80 Å². The Balaban J connectivity index is 1.28. The molecule has 2 bridgehead atoms. The van der Waals surface area contributed by atoms with E-state index in [4.69, 9.17) is 0 Å². The molecule has 0 unspecified atom stereocenters. The van der Waals surface area contributed by atoms with Gasteiger partial charge in [-0.05, 0) is 42.2 Å². The molecule has 0 atom stereocenters. The lowest BCUT2D eigenvalue weighted by atomic mass is 9.71. The molecule has 122 valence electrons. The molecule has 3 aliphatic heterocycles. The maximum Gasteiger partial charge on any atom is 0.223 e. The van der Waals surface area contributed by atoms with Crippen LogP contribution in [0.25, 0.3) is 0 Å².